The van der Waals surface area contributed by atoms with Gasteiger partial charge in [-0.2, -0.15) is 0 Å². The molecule has 23 heavy (non-hydrogen) atoms. The van der Waals surface area contributed by atoms with Gasteiger partial charge in [-0.3, -0.25) is 0 Å². The van der Waals surface area contributed by atoms with Crippen LogP contribution in [0.25, 0.3) is 0 Å². The van der Waals surface area contributed by atoms with Crippen LogP contribution in [-0.4, -0.2) is 11.1 Å². The number of carboxylic acids is 1. The lowest BCUT2D eigenvalue weighted by Gasteiger charge is -2.42. The van der Waals surface area contributed by atoms with Crippen LogP contribution in [-0.2, 0) is 15.6 Å². The predicted octanol–water partition coefficient (Wildman–Crippen LogP) is 5.31. The Morgan fingerprint density at radius 2 is 1.78 bits per heavy atom. The number of hydrogen-bond donors (Lipinski definition) is 1. The molecule has 3 rings (SSSR count). The van der Waals surface area contributed by atoms with Gasteiger partial charge in [-0.25, -0.2) is 4.79 Å². The third-order valence-corrected chi connectivity index (χ3v) is 6.00. The highest BCUT2D eigenvalue weighted by atomic mass is 16.4. The average Bonchev–Trinajstić information content (AvgIpc) is 2.91. The molecule has 0 spiro atoms. The summed E-state index contributed by atoms with van der Waals surface area (Å²) in [5, 5.41) is 8.94. The number of benzene rings is 1. The number of carbonyl (C=O) groups is 1. The Morgan fingerprint density at radius 3 is 2.43 bits per heavy atom. The molecule has 0 aliphatic heterocycles. The second-order valence-electron chi connectivity index (χ2n) is 8.65. The summed E-state index contributed by atoms with van der Waals surface area (Å²) in [5.41, 5.74) is 5.97. The Bertz CT molecular complexity index is 664. The van der Waals surface area contributed by atoms with Crippen LogP contribution in [0, 0.1) is 0 Å². The van der Waals surface area contributed by atoms with Crippen LogP contribution in [0.4, 0.5) is 0 Å². The van der Waals surface area contributed by atoms with Crippen molar-refractivity contribution in [3.05, 3.63) is 46.5 Å². The highest BCUT2D eigenvalue weighted by Crippen LogP contribution is 2.47. The third kappa shape index (κ3) is 3.08. The molecule has 0 saturated heterocycles. The van der Waals surface area contributed by atoms with Crippen LogP contribution in [0.15, 0.2) is 29.8 Å². The number of fused-ring (bicyclic) bond motifs is 1. The first-order valence-electron chi connectivity index (χ1n) is 8.76. The fourth-order valence-electron chi connectivity index (χ4n) is 4.33. The lowest BCUT2D eigenvalue weighted by atomic mass is 9.62. The van der Waals surface area contributed by atoms with E-state index in [1.54, 1.807) is 0 Å². The molecule has 2 aliphatic carbocycles. The van der Waals surface area contributed by atoms with Gasteiger partial charge in [-0.15, -0.1) is 0 Å². The van der Waals surface area contributed by atoms with Gasteiger partial charge in [-0.1, -0.05) is 51.5 Å². The first kappa shape index (κ1) is 16.3. The number of aliphatic carboxylic acids is 1. The van der Waals surface area contributed by atoms with Crippen molar-refractivity contribution in [2.75, 3.05) is 0 Å². The van der Waals surface area contributed by atoms with Gasteiger partial charge in [0.25, 0.3) is 0 Å². The molecule has 0 radical (unpaired) electrons. The first-order valence-corrected chi connectivity index (χ1v) is 8.76. The molecule has 1 aromatic rings. The van der Waals surface area contributed by atoms with Gasteiger partial charge in [0.2, 0.25) is 0 Å². The molecule has 1 N–H and O–H groups in total. The van der Waals surface area contributed by atoms with Crippen molar-refractivity contribution in [2.24, 2.45) is 0 Å². The average molecular weight is 312 g/mol. The molecule has 1 aromatic carbocycles. The molecule has 2 heteroatoms. The fourth-order valence-corrected chi connectivity index (χ4v) is 4.33. The summed E-state index contributed by atoms with van der Waals surface area (Å²) in [7, 11) is 0. The molecular weight excluding hydrogens is 284 g/mol. The predicted molar refractivity (Wildman–Crippen MR) is 94.0 cm³/mol. The molecule has 124 valence electrons. The lowest BCUT2D eigenvalue weighted by Crippen LogP contribution is -2.33. The molecule has 0 bridgehead atoms. The van der Waals surface area contributed by atoms with Gasteiger partial charge in [0.05, 0.1) is 0 Å². The Labute approximate surface area is 139 Å². The van der Waals surface area contributed by atoms with Gasteiger partial charge in [0.15, 0.2) is 0 Å². The highest BCUT2D eigenvalue weighted by Gasteiger charge is 2.37. The van der Waals surface area contributed by atoms with Crippen LogP contribution in [0.2, 0.25) is 0 Å². The van der Waals surface area contributed by atoms with E-state index in [1.165, 1.54) is 35.6 Å². The van der Waals surface area contributed by atoms with Gasteiger partial charge in [-0.05, 0) is 65.5 Å². The van der Waals surface area contributed by atoms with Crippen molar-refractivity contribution in [1.82, 2.24) is 0 Å². The highest BCUT2D eigenvalue weighted by molar-refractivity contribution is 5.80. The molecule has 1 unspecified atom stereocenters. The Balaban J connectivity index is 1.94. The maximum Gasteiger partial charge on any atom is 0.328 e. The second-order valence-corrected chi connectivity index (χ2v) is 8.65. The van der Waals surface area contributed by atoms with Crippen molar-refractivity contribution in [2.45, 2.75) is 76.5 Å². The summed E-state index contributed by atoms with van der Waals surface area (Å²) in [6.07, 6.45) is 6.76. The Kier molecular flexibility index (Phi) is 3.90. The zero-order chi connectivity index (χ0) is 16.8. The summed E-state index contributed by atoms with van der Waals surface area (Å²) in [5.74, 6) is -0.333. The third-order valence-electron chi connectivity index (χ3n) is 6.00. The number of hydrogen-bond acceptors (Lipinski definition) is 1. The van der Waals surface area contributed by atoms with Crippen LogP contribution in [0.3, 0.4) is 0 Å². The van der Waals surface area contributed by atoms with Gasteiger partial charge >= 0.3 is 5.97 Å². The fraction of sp³-hybridized carbons (Fsp3) is 0.571. The van der Waals surface area contributed by atoms with E-state index in [1.807, 2.05) is 0 Å². The minimum Gasteiger partial charge on any atom is -0.478 e. The van der Waals surface area contributed by atoms with Crippen molar-refractivity contribution >= 4 is 5.97 Å². The van der Waals surface area contributed by atoms with Gasteiger partial charge in [0.1, 0.15) is 0 Å². The van der Waals surface area contributed by atoms with Crippen molar-refractivity contribution in [3.63, 3.8) is 0 Å². The summed E-state index contributed by atoms with van der Waals surface area (Å²) in [6, 6.07) is 7.05. The van der Waals surface area contributed by atoms with Gasteiger partial charge in [0, 0.05) is 6.08 Å². The topological polar surface area (TPSA) is 37.3 Å². The number of carboxylic acid groups (broad SMARTS) is 1. The maximum absolute atomic E-state index is 10.9. The summed E-state index contributed by atoms with van der Waals surface area (Å²) < 4.78 is 0. The molecule has 1 saturated carbocycles. The minimum atomic E-state index is -0.811. The summed E-state index contributed by atoms with van der Waals surface area (Å²) in [6.45, 7) is 9.42. The second kappa shape index (κ2) is 5.51. The summed E-state index contributed by atoms with van der Waals surface area (Å²) >= 11 is 0. The van der Waals surface area contributed by atoms with E-state index in [0.717, 1.165) is 24.8 Å². The standard InChI is InChI=1S/C21H28O2/c1-20(2)9-10-21(3,4)18-13-16(7-8-17(18)20)15-6-5-14(11-15)12-19(22)23/h7-8,12-13,15H,5-6,9-11H2,1-4H3,(H,22,23)/b14-12-. The molecule has 0 amide bonds. The van der Waals surface area contributed by atoms with Crippen LogP contribution in [0.5, 0.6) is 0 Å². The Hall–Kier alpha value is -1.57. The monoisotopic (exact) mass is 312 g/mol. The zero-order valence-corrected chi connectivity index (χ0v) is 14.8. The molecule has 0 aromatic heterocycles. The maximum atomic E-state index is 10.9. The Morgan fingerprint density at radius 1 is 1.13 bits per heavy atom. The number of rotatable bonds is 2. The van der Waals surface area contributed by atoms with E-state index in [4.69, 9.17) is 5.11 Å². The summed E-state index contributed by atoms with van der Waals surface area (Å²) in [4.78, 5) is 10.9. The molecule has 2 aliphatic rings. The number of allylic oxidation sites excluding steroid dienone is 1. The van der Waals surface area contributed by atoms with Gasteiger partial charge < -0.3 is 5.11 Å². The van der Waals surface area contributed by atoms with Crippen molar-refractivity contribution in [3.8, 4) is 0 Å². The van der Waals surface area contributed by atoms with Crippen molar-refractivity contribution in [1.29, 1.82) is 0 Å². The van der Waals surface area contributed by atoms with Crippen LogP contribution < -0.4 is 0 Å². The molecule has 1 fully saturated rings. The smallest absolute Gasteiger partial charge is 0.328 e. The van der Waals surface area contributed by atoms with E-state index >= 15 is 0 Å². The van der Waals surface area contributed by atoms with E-state index < -0.39 is 5.97 Å². The van der Waals surface area contributed by atoms with Crippen LogP contribution in [0.1, 0.15) is 82.4 Å². The SMILES string of the molecule is CC1(C)CCC(C)(C)c2cc(C3CC/C(=C/C(=O)O)C3)ccc21. The van der Waals surface area contributed by atoms with Crippen molar-refractivity contribution < 1.29 is 9.90 Å². The molecule has 2 nitrogen and oxygen atoms in total. The minimum absolute atomic E-state index is 0.235. The zero-order valence-electron chi connectivity index (χ0n) is 14.8. The van der Waals surface area contributed by atoms with Crippen LogP contribution >= 0.6 is 0 Å². The van der Waals surface area contributed by atoms with E-state index in [0.29, 0.717) is 5.92 Å². The first-order chi connectivity index (χ1) is 10.7. The lowest BCUT2D eigenvalue weighted by molar-refractivity contribution is -0.131. The van der Waals surface area contributed by atoms with E-state index in [2.05, 4.69) is 45.9 Å². The largest absolute Gasteiger partial charge is 0.478 e. The quantitative estimate of drug-likeness (QED) is 0.751. The van der Waals surface area contributed by atoms with E-state index in [-0.39, 0.29) is 10.8 Å². The van der Waals surface area contributed by atoms with E-state index in [9.17, 15) is 4.79 Å². The molecular formula is C21H28O2. The molecule has 0 heterocycles. The molecule has 1 atom stereocenters. The normalized spacial score (nSPS) is 27.0.